The molecule has 0 aromatic rings. The molecule has 0 radical (unpaired) electrons. The number of hydrogen-bond acceptors (Lipinski definition) is 3. The molecule has 8 heteroatoms. The van der Waals surface area contributed by atoms with Crippen LogP contribution in [0, 0.1) is 0 Å². The van der Waals surface area contributed by atoms with Gasteiger partial charge in [-0.15, -0.1) is 0 Å². The lowest BCUT2D eigenvalue weighted by Crippen LogP contribution is -2.42. The van der Waals surface area contributed by atoms with Gasteiger partial charge in [0, 0.05) is 6.08 Å². The van der Waals surface area contributed by atoms with Gasteiger partial charge in [0.1, 0.15) is 6.04 Å². The fourth-order valence-corrected chi connectivity index (χ4v) is 2.89. The largest absolute Gasteiger partial charge is 0.480 e. The average molecular weight is 387 g/mol. The first-order valence-corrected chi connectivity index (χ1v) is 10.2. The number of aliphatic carboxylic acids is 1. The molecule has 1 amide bonds. The number of carboxylic acids is 1. The summed E-state index contributed by atoms with van der Waals surface area (Å²) in [4.78, 5) is 40.5. The predicted octanol–water partition coefficient (Wildman–Crippen LogP) is 3.15. The van der Waals surface area contributed by atoms with Gasteiger partial charge in [-0.2, -0.15) is 0 Å². The first-order valence-electron chi connectivity index (χ1n) is 8.44. The van der Waals surface area contributed by atoms with Gasteiger partial charge in [-0.25, -0.2) is 4.79 Å². The predicted molar refractivity (Wildman–Crippen MR) is 102 cm³/mol. The maximum Gasteiger partial charge on any atom is 0.328 e. The summed E-state index contributed by atoms with van der Waals surface area (Å²) in [5, 5.41) is 11.0. The van der Waals surface area contributed by atoms with Gasteiger partial charge in [-0.1, -0.05) is 28.9 Å². The summed E-state index contributed by atoms with van der Waals surface area (Å²) in [6.45, 7) is 7.94. The molecule has 4 N–H and O–H groups in total. The molecule has 1 atom stereocenters. The molecular formula is C18H30NO6P. The molecule has 26 heavy (non-hydrogen) atoms. The van der Waals surface area contributed by atoms with E-state index in [-0.39, 0.29) is 0 Å². The summed E-state index contributed by atoms with van der Waals surface area (Å²) in [5.74, 6) is -2.16. The second-order valence-corrected chi connectivity index (χ2v) is 8.34. The van der Waals surface area contributed by atoms with Crippen LogP contribution in [0.3, 0.4) is 0 Å². The molecular weight excluding hydrogens is 357 g/mol. The van der Waals surface area contributed by atoms with Crippen molar-refractivity contribution < 1.29 is 29.0 Å². The maximum absolute atomic E-state index is 11.8. The topological polar surface area (TPSA) is 124 Å². The molecule has 148 valence electrons. The zero-order valence-corrected chi connectivity index (χ0v) is 16.8. The summed E-state index contributed by atoms with van der Waals surface area (Å²) >= 11 is 0. The van der Waals surface area contributed by atoms with Crippen LogP contribution in [-0.4, -0.2) is 39.0 Å². The fraction of sp³-hybridized carbons (Fsp3) is 0.556. The van der Waals surface area contributed by atoms with Crippen LogP contribution in [-0.2, 0) is 14.2 Å². The molecule has 0 saturated carbocycles. The second kappa shape index (κ2) is 11.8. The molecule has 0 aromatic heterocycles. The van der Waals surface area contributed by atoms with Crippen LogP contribution in [0.5, 0.6) is 0 Å². The van der Waals surface area contributed by atoms with E-state index in [0.29, 0.717) is 6.42 Å². The summed E-state index contributed by atoms with van der Waals surface area (Å²) in [5.41, 5.74) is 3.32. The van der Waals surface area contributed by atoms with Gasteiger partial charge >= 0.3 is 13.6 Å². The molecule has 0 rings (SSSR count). The van der Waals surface area contributed by atoms with E-state index in [1.165, 1.54) is 17.2 Å². The molecule has 0 aliphatic carbocycles. The fourth-order valence-electron chi connectivity index (χ4n) is 2.17. The zero-order chi connectivity index (χ0) is 20.3. The monoisotopic (exact) mass is 387 g/mol. The zero-order valence-electron chi connectivity index (χ0n) is 15.9. The van der Waals surface area contributed by atoms with E-state index < -0.39 is 31.7 Å². The number of allylic oxidation sites excluding steroid dienone is 5. The quantitative estimate of drug-likeness (QED) is 0.245. The van der Waals surface area contributed by atoms with Crippen LogP contribution >= 0.6 is 7.60 Å². The molecule has 0 aliphatic rings. The Morgan fingerprint density at radius 2 is 1.54 bits per heavy atom. The molecule has 0 fully saturated rings. The number of amides is 1. The van der Waals surface area contributed by atoms with Crippen molar-refractivity contribution in [2.24, 2.45) is 0 Å². The van der Waals surface area contributed by atoms with E-state index in [1.807, 2.05) is 0 Å². The van der Waals surface area contributed by atoms with Gasteiger partial charge in [0.25, 0.3) is 0 Å². The minimum Gasteiger partial charge on any atom is -0.480 e. The molecule has 0 spiro atoms. The van der Waals surface area contributed by atoms with Crippen molar-refractivity contribution in [1.29, 1.82) is 0 Å². The first-order chi connectivity index (χ1) is 11.9. The van der Waals surface area contributed by atoms with E-state index in [2.05, 4.69) is 38.2 Å². The number of carbonyl (C=O) groups is 2. The first kappa shape index (κ1) is 24.3. The Balaban J connectivity index is 4.52. The van der Waals surface area contributed by atoms with Crippen LogP contribution in [0.2, 0.25) is 0 Å². The van der Waals surface area contributed by atoms with Crippen LogP contribution in [0.25, 0.3) is 0 Å². The van der Waals surface area contributed by atoms with E-state index in [9.17, 15) is 14.2 Å². The normalized spacial score (nSPS) is 13.9. The van der Waals surface area contributed by atoms with Crippen molar-refractivity contribution in [2.75, 3.05) is 6.16 Å². The van der Waals surface area contributed by atoms with Gasteiger partial charge in [0.15, 0.2) is 0 Å². The van der Waals surface area contributed by atoms with Gasteiger partial charge in [-0.3, -0.25) is 9.36 Å². The van der Waals surface area contributed by atoms with Crippen molar-refractivity contribution in [3.05, 3.63) is 34.9 Å². The third-order valence-electron chi connectivity index (χ3n) is 3.54. The van der Waals surface area contributed by atoms with Crippen molar-refractivity contribution in [3.63, 3.8) is 0 Å². The third-order valence-corrected chi connectivity index (χ3v) is 4.38. The second-order valence-electron chi connectivity index (χ2n) is 6.65. The van der Waals surface area contributed by atoms with Crippen molar-refractivity contribution in [1.82, 2.24) is 5.32 Å². The van der Waals surface area contributed by atoms with E-state index >= 15 is 0 Å². The molecule has 0 aromatic carbocycles. The Morgan fingerprint density at radius 1 is 1.00 bits per heavy atom. The molecule has 0 saturated heterocycles. The maximum atomic E-state index is 11.8. The Hall–Kier alpha value is -1.69. The van der Waals surface area contributed by atoms with Crippen LogP contribution < -0.4 is 5.32 Å². The molecule has 0 heterocycles. The Kier molecular flexibility index (Phi) is 11.1. The lowest BCUT2D eigenvalue weighted by atomic mass is 10.1. The van der Waals surface area contributed by atoms with Crippen LogP contribution in [0.15, 0.2) is 34.9 Å². The number of carboxylic acid groups (broad SMARTS) is 1. The smallest absolute Gasteiger partial charge is 0.328 e. The standard InChI is InChI=1S/C18H30NO6P/c1-13(2)7-5-8-14(3)9-6-10-15(4)11-17(20)19-16(18(21)22)12-26(23,24)25/h7,9,11,16H,5-6,8,10,12H2,1-4H3,(H,19,20)(H,21,22)(H2,23,24,25)/t16-/m1/s1. The average Bonchev–Trinajstić information content (AvgIpc) is 2.44. The van der Waals surface area contributed by atoms with Gasteiger partial charge in [-0.05, 0) is 53.4 Å². The molecule has 0 aliphatic heterocycles. The van der Waals surface area contributed by atoms with Crippen LogP contribution in [0.1, 0.15) is 53.4 Å². The molecule has 0 bridgehead atoms. The summed E-state index contributed by atoms with van der Waals surface area (Å²) < 4.78 is 10.9. The van der Waals surface area contributed by atoms with Crippen molar-refractivity contribution in [3.8, 4) is 0 Å². The minimum absolute atomic E-state index is 0.642. The summed E-state index contributed by atoms with van der Waals surface area (Å²) in [6, 6.07) is -1.62. The Labute approximate surface area is 155 Å². The number of hydrogen-bond donors (Lipinski definition) is 4. The van der Waals surface area contributed by atoms with Crippen molar-refractivity contribution in [2.45, 2.75) is 59.4 Å². The SMILES string of the molecule is CC(C)=CCCC(C)=CCCC(C)=CC(=O)N[C@H](CP(=O)(O)O)C(=O)O. The highest BCUT2D eigenvalue weighted by Crippen LogP contribution is 2.34. The lowest BCUT2D eigenvalue weighted by Gasteiger charge is -2.14. The summed E-state index contributed by atoms with van der Waals surface area (Å²) in [7, 11) is -4.54. The number of rotatable bonds is 11. The Morgan fingerprint density at radius 3 is 2.04 bits per heavy atom. The van der Waals surface area contributed by atoms with Gasteiger partial charge in [0.2, 0.25) is 5.91 Å². The van der Waals surface area contributed by atoms with Crippen molar-refractivity contribution >= 4 is 19.5 Å². The van der Waals surface area contributed by atoms with E-state index in [0.717, 1.165) is 24.8 Å². The van der Waals surface area contributed by atoms with Gasteiger partial charge < -0.3 is 20.2 Å². The minimum atomic E-state index is -4.54. The number of carbonyl (C=O) groups excluding carboxylic acids is 1. The lowest BCUT2D eigenvalue weighted by molar-refractivity contribution is -0.140. The van der Waals surface area contributed by atoms with Crippen LogP contribution in [0.4, 0.5) is 0 Å². The van der Waals surface area contributed by atoms with E-state index in [1.54, 1.807) is 6.92 Å². The highest BCUT2D eigenvalue weighted by Gasteiger charge is 2.28. The number of nitrogens with one attached hydrogen (secondary N) is 1. The molecule has 0 unspecified atom stereocenters. The Bertz CT molecular complexity index is 626. The highest BCUT2D eigenvalue weighted by molar-refractivity contribution is 7.51. The highest BCUT2D eigenvalue weighted by atomic mass is 31.2. The van der Waals surface area contributed by atoms with E-state index in [4.69, 9.17) is 14.9 Å². The molecule has 7 nitrogen and oxygen atoms in total. The summed E-state index contributed by atoms with van der Waals surface area (Å²) in [6.07, 6.45) is 8.02. The van der Waals surface area contributed by atoms with Gasteiger partial charge in [0.05, 0.1) is 6.16 Å². The third kappa shape index (κ3) is 13.6.